The Morgan fingerprint density at radius 3 is 2.54 bits per heavy atom. The van der Waals surface area contributed by atoms with Crippen molar-refractivity contribution in [1.82, 2.24) is 0 Å². The van der Waals surface area contributed by atoms with Crippen molar-refractivity contribution in [3.8, 4) is 6.07 Å². The Bertz CT molecular complexity index is 861. The summed E-state index contributed by atoms with van der Waals surface area (Å²) in [5.74, 6) is -1.20. The van der Waals surface area contributed by atoms with E-state index in [-0.39, 0.29) is 6.54 Å². The number of ether oxygens (including phenoxy) is 1. The summed E-state index contributed by atoms with van der Waals surface area (Å²) in [6.07, 6.45) is 2.63. The first-order valence-electron chi connectivity index (χ1n) is 7.53. The average Bonchev–Trinajstić information content (AvgIpc) is 2.64. The topological polar surface area (TPSA) is 70.4 Å². The lowest BCUT2D eigenvalue weighted by molar-refractivity contribution is -0.142. The van der Waals surface area contributed by atoms with E-state index in [1.54, 1.807) is 48.5 Å². The molecular formula is C19H14Cl2N2O3. The van der Waals surface area contributed by atoms with Gasteiger partial charge in [-0.05, 0) is 35.9 Å². The van der Waals surface area contributed by atoms with Gasteiger partial charge in [0, 0.05) is 21.8 Å². The van der Waals surface area contributed by atoms with Gasteiger partial charge in [-0.3, -0.25) is 9.69 Å². The molecule has 0 aliphatic heterocycles. The molecule has 0 N–H and O–H groups in total. The molecule has 0 bridgehead atoms. The van der Waals surface area contributed by atoms with Crippen molar-refractivity contribution in [2.45, 2.75) is 0 Å². The van der Waals surface area contributed by atoms with Gasteiger partial charge in [0.2, 0.25) is 0 Å². The summed E-state index contributed by atoms with van der Waals surface area (Å²) in [4.78, 5) is 25.3. The van der Waals surface area contributed by atoms with E-state index in [0.29, 0.717) is 21.3 Å². The van der Waals surface area contributed by atoms with E-state index in [4.69, 9.17) is 33.2 Å². The molecule has 1 amide bonds. The molecule has 0 unspecified atom stereocenters. The molecule has 0 atom stereocenters. The number of esters is 1. The third-order valence-electron chi connectivity index (χ3n) is 3.30. The predicted molar refractivity (Wildman–Crippen MR) is 101 cm³/mol. The van der Waals surface area contributed by atoms with Crippen LogP contribution < -0.4 is 4.90 Å². The number of halogens is 2. The average molecular weight is 389 g/mol. The number of benzene rings is 2. The Balaban J connectivity index is 1.96. The zero-order valence-electron chi connectivity index (χ0n) is 13.6. The lowest BCUT2D eigenvalue weighted by Gasteiger charge is -2.19. The molecule has 0 heterocycles. The first-order valence-corrected chi connectivity index (χ1v) is 8.29. The standard InChI is InChI=1S/C19H14Cl2N2O3/c20-15-8-6-14(17(21)12-15)7-9-19(25)26-13-18(24)23(11-10-22)16-4-2-1-3-5-16/h1-9,12H,11,13H2/b9-7+. The fourth-order valence-electron chi connectivity index (χ4n) is 2.06. The maximum atomic E-state index is 12.2. The number of hydrogen-bond acceptors (Lipinski definition) is 4. The van der Waals surface area contributed by atoms with E-state index in [2.05, 4.69) is 0 Å². The van der Waals surface area contributed by atoms with Crippen LogP contribution in [0.2, 0.25) is 10.0 Å². The first-order chi connectivity index (χ1) is 12.5. The lowest BCUT2D eigenvalue weighted by atomic mass is 10.2. The molecule has 0 saturated carbocycles. The summed E-state index contributed by atoms with van der Waals surface area (Å²) in [5, 5.41) is 9.77. The van der Waals surface area contributed by atoms with Gasteiger partial charge >= 0.3 is 5.97 Å². The highest BCUT2D eigenvalue weighted by Crippen LogP contribution is 2.22. The monoisotopic (exact) mass is 388 g/mol. The summed E-state index contributed by atoms with van der Waals surface area (Å²) in [6.45, 7) is -0.620. The number of rotatable bonds is 6. The third-order valence-corrected chi connectivity index (χ3v) is 3.86. The van der Waals surface area contributed by atoms with Crippen LogP contribution in [0.15, 0.2) is 54.6 Å². The maximum absolute atomic E-state index is 12.2. The van der Waals surface area contributed by atoms with Gasteiger partial charge in [0.25, 0.3) is 5.91 Å². The number of para-hydroxylation sites is 1. The number of anilines is 1. The van der Waals surface area contributed by atoms with E-state index in [0.717, 1.165) is 0 Å². The van der Waals surface area contributed by atoms with Crippen LogP contribution in [0.5, 0.6) is 0 Å². The normalized spacial score (nSPS) is 10.3. The molecule has 26 heavy (non-hydrogen) atoms. The Labute approximate surface area is 161 Å². The van der Waals surface area contributed by atoms with Gasteiger partial charge in [0.05, 0.1) is 6.07 Å². The number of hydrogen-bond donors (Lipinski definition) is 0. The van der Waals surface area contributed by atoms with Gasteiger partial charge in [0.15, 0.2) is 6.61 Å². The summed E-state index contributed by atoms with van der Waals surface area (Å²) in [5.41, 5.74) is 1.15. The molecule has 0 radical (unpaired) electrons. The SMILES string of the molecule is N#CCN(C(=O)COC(=O)/C=C/c1ccc(Cl)cc1Cl)c1ccccc1. The van der Waals surface area contributed by atoms with Crippen LogP contribution in [0.25, 0.3) is 6.08 Å². The fourth-order valence-corrected chi connectivity index (χ4v) is 2.53. The van der Waals surface area contributed by atoms with Gasteiger partial charge in [-0.15, -0.1) is 0 Å². The summed E-state index contributed by atoms with van der Waals surface area (Å²) < 4.78 is 4.94. The minimum Gasteiger partial charge on any atom is -0.452 e. The molecule has 132 valence electrons. The van der Waals surface area contributed by atoms with Crippen LogP contribution >= 0.6 is 23.2 Å². The van der Waals surface area contributed by atoms with Gasteiger partial charge in [-0.1, -0.05) is 47.5 Å². The number of nitriles is 1. The summed E-state index contributed by atoms with van der Waals surface area (Å²) >= 11 is 11.8. The van der Waals surface area contributed by atoms with Gasteiger partial charge in [-0.2, -0.15) is 5.26 Å². The molecular weight excluding hydrogens is 375 g/mol. The Morgan fingerprint density at radius 1 is 1.15 bits per heavy atom. The zero-order valence-corrected chi connectivity index (χ0v) is 15.1. The number of nitrogens with zero attached hydrogens (tertiary/aromatic N) is 2. The Morgan fingerprint density at radius 2 is 1.88 bits per heavy atom. The van der Waals surface area contributed by atoms with Crippen LogP contribution in [0, 0.1) is 11.3 Å². The number of carbonyl (C=O) groups excluding carboxylic acids is 2. The Hall–Kier alpha value is -2.81. The predicted octanol–water partition coefficient (Wildman–Crippen LogP) is 4.11. The van der Waals surface area contributed by atoms with Crippen molar-refractivity contribution in [3.05, 3.63) is 70.2 Å². The number of amides is 1. The fraction of sp³-hybridized carbons (Fsp3) is 0.105. The third kappa shape index (κ3) is 5.62. The van der Waals surface area contributed by atoms with Crippen molar-refractivity contribution in [2.75, 3.05) is 18.1 Å². The van der Waals surface area contributed by atoms with Crippen LogP contribution in [0.4, 0.5) is 5.69 Å². The van der Waals surface area contributed by atoms with E-state index >= 15 is 0 Å². The lowest BCUT2D eigenvalue weighted by Crippen LogP contribution is -2.34. The molecule has 0 aliphatic carbocycles. The van der Waals surface area contributed by atoms with E-state index in [9.17, 15) is 9.59 Å². The molecule has 0 fully saturated rings. The van der Waals surface area contributed by atoms with Crippen LogP contribution in [0.1, 0.15) is 5.56 Å². The van der Waals surface area contributed by atoms with Crippen molar-refractivity contribution in [3.63, 3.8) is 0 Å². The van der Waals surface area contributed by atoms with Crippen molar-refractivity contribution in [1.29, 1.82) is 5.26 Å². The minimum atomic E-state index is -0.700. The van der Waals surface area contributed by atoms with Crippen molar-refractivity contribution in [2.24, 2.45) is 0 Å². The second-order valence-corrected chi connectivity index (χ2v) is 5.92. The van der Waals surface area contributed by atoms with Crippen molar-refractivity contribution < 1.29 is 14.3 Å². The minimum absolute atomic E-state index is 0.142. The zero-order chi connectivity index (χ0) is 18.9. The first kappa shape index (κ1) is 19.5. The largest absolute Gasteiger partial charge is 0.452 e. The summed E-state index contributed by atoms with van der Waals surface area (Å²) in [7, 11) is 0. The molecule has 2 aromatic rings. The second-order valence-electron chi connectivity index (χ2n) is 5.08. The maximum Gasteiger partial charge on any atom is 0.331 e. The highest BCUT2D eigenvalue weighted by atomic mass is 35.5. The highest BCUT2D eigenvalue weighted by molar-refractivity contribution is 6.35. The van der Waals surface area contributed by atoms with Gasteiger partial charge < -0.3 is 4.74 Å². The smallest absolute Gasteiger partial charge is 0.331 e. The van der Waals surface area contributed by atoms with Crippen LogP contribution in [-0.4, -0.2) is 25.0 Å². The second kappa shape index (κ2) is 9.62. The molecule has 5 nitrogen and oxygen atoms in total. The molecule has 0 spiro atoms. The van der Waals surface area contributed by atoms with E-state index in [1.807, 2.05) is 6.07 Å². The van der Waals surface area contributed by atoms with E-state index in [1.165, 1.54) is 17.1 Å². The Kier molecular flexibility index (Phi) is 7.22. The molecule has 2 rings (SSSR count). The van der Waals surface area contributed by atoms with E-state index < -0.39 is 18.5 Å². The van der Waals surface area contributed by atoms with Crippen molar-refractivity contribution >= 4 is 46.8 Å². The van der Waals surface area contributed by atoms with Crippen LogP contribution in [0.3, 0.4) is 0 Å². The van der Waals surface area contributed by atoms with Gasteiger partial charge in [-0.25, -0.2) is 4.79 Å². The molecule has 0 aliphatic rings. The molecule has 0 aromatic heterocycles. The summed E-state index contributed by atoms with van der Waals surface area (Å²) in [6, 6.07) is 15.4. The molecule has 2 aromatic carbocycles. The number of carbonyl (C=O) groups is 2. The highest BCUT2D eigenvalue weighted by Gasteiger charge is 2.16. The quantitative estimate of drug-likeness (QED) is 0.424. The molecule has 0 saturated heterocycles. The van der Waals surface area contributed by atoms with Crippen LogP contribution in [-0.2, 0) is 14.3 Å². The molecule has 7 heteroatoms. The van der Waals surface area contributed by atoms with Gasteiger partial charge in [0.1, 0.15) is 6.54 Å².